The Morgan fingerprint density at radius 1 is 1.45 bits per heavy atom. The minimum absolute atomic E-state index is 0.0417. The minimum atomic E-state index is -3.58. The number of sulfonamides is 1. The van der Waals surface area contributed by atoms with Gasteiger partial charge in [-0.05, 0) is 44.5 Å². The van der Waals surface area contributed by atoms with Crippen molar-refractivity contribution in [2.45, 2.75) is 36.7 Å². The third kappa shape index (κ3) is 3.72. The van der Waals surface area contributed by atoms with Crippen molar-refractivity contribution in [3.8, 4) is 5.75 Å². The van der Waals surface area contributed by atoms with Crippen molar-refractivity contribution in [1.82, 2.24) is 10.0 Å². The Morgan fingerprint density at radius 2 is 2.20 bits per heavy atom. The predicted octanol–water partition coefficient (Wildman–Crippen LogP) is 1.88. The van der Waals surface area contributed by atoms with Crippen LogP contribution in [0.4, 0.5) is 0 Å². The summed E-state index contributed by atoms with van der Waals surface area (Å²) < 4.78 is 33.6. The van der Waals surface area contributed by atoms with E-state index >= 15 is 0 Å². The Morgan fingerprint density at radius 3 is 2.85 bits per heavy atom. The van der Waals surface area contributed by atoms with Gasteiger partial charge in [0.15, 0.2) is 0 Å². The third-order valence-electron chi connectivity index (χ3n) is 3.36. The summed E-state index contributed by atoms with van der Waals surface area (Å²) in [5.74, 6) is 0.350. The molecule has 2 N–H and O–H groups in total. The Bertz CT molecular complexity index is 577. The quantitative estimate of drug-likeness (QED) is 0.857. The highest BCUT2D eigenvalue weighted by Gasteiger charge is 2.26. The second kappa shape index (κ2) is 6.43. The van der Waals surface area contributed by atoms with E-state index < -0.39 is 10.0 Å². The van der Waals surface area contributed by atoms with Crippen LogP contribution in [0.3, 0.4) is 0 Å². The molecule has 1 aliphatic rings. The van der Waals surface area contributed by atoms with Gasteiger partial charge in [0.05, 0.1) is 7.11 Å². The van der Waals surface area contributed by atoms with Gasteiger partial charge in [-0.3, -0.25) is 0 Å². The molecule has 0 radical (unpaired) electrons. The number of benzene rings is 1. The van der Waals surface area contributed by atoms with Crippen molar-refractivity contribution in [1.29, 1.82) is 0 Å². The van der Waals surface area contributed by atoms with E-state index in [0.717, 1.165) is 19.4 Å². The Hall–Kier alpha value is -0.630. The molecular weight excluding hydrogens is 344 g/mol. The fourth-order valence-corrected chi connectivity index (χ4v) is 4.37. The van der Waals surface area contributed by atoms with Crippen molar-refractivity contribution >= 4 is 26.0 Å². The highest BCUT2D eigenvalue weighted by molar-refractivity contribution is 9.10. The van der Waals surface area contributed by atoms with Crippen LogP contribution in [0.2, 0.25) is 0 Å². The average Bonchev–Trinajstić information content (AvgIpc) is 2.38. The zero-order chi connectivity index (χ0) is 14.8. The minimum Gasteiger partial charge on any atom is -0.495 e. The van der Waals surface area contributed by atoms with Gasteiger partial charge in [0.25, 0.3) is 0 Å². The molecule has 1 heterocycles. The smallest absolute Gasteiger partial charge is 0.244 e. The zero-order valence-electron chi connectivity index (χ0n) is 11.5. The highest BCUT2D eigenvalue weighted by Crippen LogP contribution is 2.27. The number of methoxy groups -OCH3 is 1. The van der Waals surface area contributed by atoms with Gasteiger partial charge < -0.3 is 10.1 Å². The van der Waals surface area contributed by atoms with Gasteiger partial charge in [0, 0.05) is 16.6 Å². The molecule has 0 aromatic heterocycles. The lowest BCUT2D eigenvalue weighted by Crippen LogP contribution is -2.46. The third-order valence-corrected chi connectivity index (χ3v) is 5.40. The molecule has 1 aromatic rings. The standard InChI is InChI=1S/C13H19BrN2O3S/c1-9-7-11(5-6-15-9)16-20(17,18)13-8-10(14)3-4-12(13)19-2/h3-4,8-9,11,15-16H,5-7H2,1-2H3. The summed E-state index contributed by atoms with van der Waals surface area (Å²) in [5.41, 5.74) is 0. The van der Waals surface area contributed by atoms with Crippen LogP contribution in [0, 0.1) is 0 Å². The summed E-state index contributed by atoms with van der Waals surface area (Å²) in [4.78, 5) is 0.167. The topological polar surface area (TPSA) is 67.4 Å². The van der Waals surface area contributed by atoms with Crippen LogP contribution >= 0.6 is 15.9 Å². The molecule has 2 atom stereocenters. The van der Waals surface area contributed by atoms with Gasteiger partial charge in [-0.1, -0.05) is 15.9 Å². The van der Waals surface area contributed by atoms with Crippen LogP contribution in [-0.4, -0.2) is 34.2 Å². The van der Waals surface area contributed by atoms with Crippen molar-refractivity contribution in [2.24, 2.45) is 0 Å². The molecule has 1 fully saturated rings. The molecule has 1 saturated heterocycles. The summed E-state index contributed by atoms with van der Waals surface area (Å²) in [6.07, 6.45) is 1.58. The second-order valence-corrected chi connectivity index (χ2v) is 7.59. The maximum absolute atomic E-state index is 12.5. The van der Waals surface area contributed by atoms with Gasteiger partial charge in [0.2, 0.25) is 10.0 Å². The summed E-state index contributed by atoms with van der Waals surface area (Å²) in [6.45, 7) is 2.88. The molecule has 20 heavy (non-hydrogen) atoms. The summed E-state index contributed by atoms with van der Waals surface area (Å²) in [7, 11) is -2.11. The molecule has 0 spiro atoms. The number of rotatable bonds is 4. The van der Waals surface area contributed by atoms with Crippen LogP contribution in [-0.2, 0) is 10.0 Å². The number of piperidine rings is 1. The Kier molecular flexibility index (Phi) is 5.06. The number of nitrogens with one attached hydrogen (secondary N) is 2. The monoisotopic (exact) mass is 362 g/mol. The molecule has 7 heteroatoms. The van der Waals surface area contributed by atoms with E-state index in [2.05, 4.69) is 32.9 Å². The summed E-state index contributed by atoms with van der Waals surface area (Å²) in [5, 5.41) is 3.30. The highest BCUT2D eigenvalue weighted by atomic mass is 79.9. The first kappa shape index (κ1) is 15.8. The van der Waals surface area contributed by atoms with E-state index in [4.69, 9.17) is 4.74 Å². The fraction of sp³-hybridized carbons (Fsp3) is 0.538. The predicted molar refractivity (Wildman–Crippen MR) is 81.5 cm³/mol. The maximum atomic E-state index is 12.5. The molecule has 2 unspecified atom stereocenters. The van der Waals surface area contributed by atoms with Crippen molar-refractivity contribution < 1.29 is 13.2 Å². The molecule has 1 aromatic carbocycles. The lowest BCUT2D eigenvalue weighted by Gasteiger charge is -2.28. The molecule has 112 valence electrons. The van der Waals surface area contributed by atoms with E-state index in [1.54, 1.807) is 18.2 Å². The molecule has 5 nitrogen and oxygen atoms in total. The van der Waals surface area contributed by atoms with E-state index in [9.17, 15) is 8.42 Å². The van der Waals surface area contributed by atoms with Crippen LogP contribution in [0.25, 0.3) is 0 Å². The van der Waals surface area contributed by atoms with E-state index in [-0.39, 0.29) is 10.9 Å². The number of halogens is 1. The van der Waals surface area contributed by atoms with Crippen LogP contribution in [0.5, 0.6) is 5.75 Å². The molecule has 0 aliphatic carbocycles. The SMILES string of the molecule is COc1ccc(Br)cc1S(=O)(=O)NC1CCNC(C)C1. The van der Waals surface area contributed by atoms with E-state index in [1.807, 2.05) is 0 Å². The number of hydrogen-bond acceptors (Lipinski definition) is 4. The molecule has 1 aliphatic heterocycles. The number of ether oxygens (including phenoxy) is 1. The zero-order valence-corrected chi connectivity index (χ0v) is 13.9. The van der Waals surface area contributed by atoms with Crippen LogP contribution in [0.1, 0.15) is 19.8 Å². The Balaban J connectivity index is 2.24. The first-order valence-electron chi connectivity index (χ1n) is 6.51. The lowest BCUT2D eigenvalue weighted by atomic mass is 10.0. The van der Waals surface area contributed by atoms with E-state index in [0.29, 0.717) is 16.3 Å². The molecular formula is C13H19BrN2O3S. The molecule has 0 bridgehead atoms. The molecule has 0 amide bonds. The molecule has 0 saturated carbocycles. The second-order valence-electron chi connectivity index (χ2n) is 4.99. The maximum Gasteiger partial charge on any atom is 0.244 e. The summed E-state index contributed by atoms with van der Waals surface area (Å²) in [6, 6.07) is 5.24. The van der Waals surface area contributed by atoms with Crippen molar-refractivity contribution in [3.05, 3.63) is 22.7 Å². The van der Waals surface area contributed by atoms with Gasteiger partial charge in [-0.2, -0.15) is 0 Å². The van der Waals surface area contributed by atoms with Gasteiger partial charge in [0.1, 0.15) is 10.6 Å². The van der Waals surface area contributed by atoms with E-state index in [1.165, 1.54) is 7.11 Å². The van der Waals surface area contributed by atoms with Crippen molar-refractivity contribution in [2.75, 3.05) is 13.7 Å². The van der Waals surface area contributed by atoms with Crippen LogP contribution in [0.15, 0.2) is 27.6 Å². The normalized spacial score (nSPS) is 23.6. The van der Waals surface area contributed by atoms with Crippen molar-refractivity contribution in [3.63, 3.8) is 0 Å². The molecule has 2 rings (SSSR count). The first-order valence-corrected chi connectivity index (χ1v) is 8.79. The average molecular weight is 363 g/mol. The first-order chi connectivity index (χ1) is 9.42. The van der Waals surface area contributed by atoms with Gasteiger partial charge in [-0.25, -0.2) is 13.1 Å². The number of hydrogen-bond donors (Lipinski definition) is 2. The largest absolute Gasteiger partial charge is 0.495 e. The van der Waals surface area contributed by atoms with Gasteiger partial charge in [-0.15, -0.1) is 0 Å². The van der Waals surface area contributed by atoms with Gasteiger partial charge >= 0.3 is 0 Å². The lowest BCUT2D eigenvalue weighted by molar-refractivity contribution is 0.360. The Labute approximate surface area is 128 Å². The summed E-state index contributed by atoms with van der Waals surface area (Å²) >= 11 is 3.29. The fourth-order valence-electron chi connectivity index (χ4n) is 2.38. The van der Waals surface area contributed by atoms with Crippen LogP contribution < -0.4 is 14.8 Å².